The highest BCUT2D eigenvalue weighted by molar-refractivity contribution is 14.1. The van der Waals surface area contributed by atoms with Crippen LogP contribution in [0.2, 0.25) is 0 Å². The molecule has 1 N–H and O–H groups in total. The summed E-state index contributed by atoms with van der Waals surface area (Å²) in [6.07, 6.45) is 0. The average Bonchev–Trinajstić information content (AvgIpc) is 2.37. The Labute approximate surface area is 129 Å². The van der Waals surface area contributed by atoms with Crippen molar-refractivity contribution in [3.05, 3.63) is 56.1 Å². The minimum Gasteiger partial charge on any atom is -0.496 e. The van der Waals surface area contributed by atoms with Crippen LogP contribution in [0.5, 0.6) is 5.75 Å². The lowest BCUT2D eigenvalue weighted by Gasteiger charge is -2.11. The summed E-state index contributed by atoms with van der Waals surface area (Å²) >= 11 is 5.79. The summed E-state index contributed by atoms with van der Waals surface area (Å²) in [6, 6.07) is 14.3. The molecule has 0 aliphatic rings. The van der Waals surface area contributed by atoms with Crippen LogP contribution < -0.4 is 10.1 Å². The molecular weight excluding hydrogens is 405 g/mol. The summed E-state index contributed by atoms with van der Waals surface area (Å²) in [5.74, 6) is 0.899. The van der Waals surface area contributed by atoms with E-state index in [-0.39, 0.29) is 0 Å². The number of anilines is 1. The van der Waals surface area contributed by atoms with Crippen molar-refractivity contribution in [2.24, 2.45) is 0 Å². The van der Waals surface area contributed by atoms with Gasteiger partial charge in [-0.1, -0.05) is 22.0 Å². The molecule has 2 aromatic carbocycles. The van der Waals surface area contributed by atoms with Gasteiger partial charge in [-0.05, 0) is 59.0 Å². The van der Waals surface area contributed by atoms with Gasteiger partial charge in [-0.15, -0.1) is 0 Å². The molecule has 4 heteroatoms. The van der Waals surface area contributed by atoms with Crippen LogP contribution >= 0.6 is 38.5 Å². The van der Waals surface area contributed by atoms with E-state index in [0.29, 0.717) is 0 Å². The average molecular weight is 418 g/mol. The molecule has 2 rings (SSSR count). The largest absolute Gasteiger partial charge is 0.496 e. The van der Waals surface area contributed by atoms with Gasteiger partial charge in [-0.25, -0.2) is 0 Å². The minimum atomic E-state index is 0.739. The van der Waals surface area contributed by atoms with Crippen LogP contribution in [0.4, 0.5) is 5.69 Å². The molecule has 0 fully saturated rings. The van der Waals surface area contributed by atoms with Crippen LogP contribution in [-0.2, 0) is 6.54 Å². The molecule has 0 aliphatic carbocycles. The maximum absolute atomic E-state index is 5.35. The van der Waals surface area contributed by atoms with Gasteiger partial charge in [-0.3, -0.25) is 0 Å². The van der Waals surface area contributed by atoms with E-state index >= 15 is 0 Å². The molecule has 2 aromatic rings. The normalized spacial score (nSPS) is 10.2. The first-order valence-corrected chi connectivity index (χ1v) is 7.38. The molecule has 18 heavy (non-hydrogen) atoms. The predicted molar refractivity (Wildman–Crippen MR) is 87.2 cm³/mol. The Morgan fingerprint density at radius 3 is 2.78 bits per heavy atom. The Kier molecular flexibility index (Phi) is 4.88. The molecular formula is C14H13BrINO. The van der Waals surface area contributed by atoms with Crippen molar-refractivity contribution in [1.82, 2.24) is 0 Å². The van der Waals surface area contributed by atoms with Gasteiger partial charge in [0, 0.05) is 25.8 Å². The molecule has 0 spiro atoms. The molecule has 0 amide bonds. The highest BCUT2D eigenvalue weighted by Crippen LogP contribution is 2.24. The van der Waals surface area contributed by atoms with E-state index in [4.69, 9.17) is 4.74 Å². The Bertz CT molecular complexity index is 545. The lowest BCUT2D eigenvalue weighted by Crippen LogP contribution is -2.01. The highest BCUT2D eigenvalue weighted by atomic mass is 127. The summed E-state index contributed by atoms with van der Waals surface area (Å²) in [5.41, 5.74) is 2.25. The maximum Gasteiger partial charge on any atom is 0.123 e. The third kappa shape index (κ3) is 3.62. The van der Waals surface area contributed by atoms with Gasteiger partial charge in [0.2, 0.25) is 0 Å². The molecule has 0 bridgehead atoms. The van der Waals surface area contributed by atoms with E-state index < -0.39 is 0 Å². The topological polar surface area (TPSA) is 21.3 Å². The number of ether oxygens (including phenoxy) is 1. The van der Waals surface area contributed by atoms with Crippen molar-refractivity contribution in [3.8, 4) is 5.75 Å². The molecule has 0 saturated heterocycles. The van der Waals surface area contributed by atoms with Gasteiger partial charge in [0.15, 0.2) is 0 Å². The lowest BCUT2D eigenvalue weighted by molar-refractivity contribution is 0.410. The highest BCUT2D eigenvalue weighted by Gasteiger charge is 2.03. The van der Waals surface area contributed by atoms with Gasteiger partial charge >= 0.3 is 0 Å². The van der Waals surface area contributed by atoms with Crippen molar-refractivity contribution in [2.45, 2.75) is 6.54 Å². The molecule has 0 radical (unpaired) electrons. The second-order valence-corrected chi connectivity index (χ2v) is 5.98. The Hall–Kier alpha value is -0.750. The van der Waals surface area contributed by atoms with Gasteiger partial charge in [0.25, 0.3) is 0 Å². The molecule has 0 aromatic heterocycles. The zero-order valence-electron chi connectivity index (χ0n) is 9.91. The fourth-order valence-corrected chi connectivity index (χ4v) is 2.63. The smallest absolute Gasteiger partial charge is 0.123 e. The first-order valence-electron chi connectivity index (χ1n) is 5.51. The molecule has 0 heterocycles. The summed E-state index contributed by atoms with van der Waals surface area (Å²) in [5, 5.41) is 3.40. The van der Waals surface area contributed by atoms with E-state index in [1.54, 1.807) is 7.11 Å². The zero-order chi connectivity index (χ0) is 13.0. The van der Waals surface area contributed by atoms with Crippen molar-refractivity contribution in [1.29, 1.82) is 0 Å². The summed E-state index contributed by atoms with van der Waals surface area (Å²) < 4.78 is 7.63. The SMILES string of the molecule is COc1ccc(Br)cc1CNc1cccc(I)c1. The van der Waals surface area contributed by atoms with E-state index in [9.17, 15) is 0 Å². The summed E-state index contributed by atoms with van der Waals surface area (Å²) in [4.78, 5) is 0. The number of nitrogens with one attached hydrogen (secondary N) is 1. The van der Waals surface area contributed by atoms with Crippen molar-refractivity contribution in [3.63, 3.8) is 0 Å². The quantitative estimate of drug-likeness (QED) is 0.729. The van der Waals surface area contributed by atoms with Gasteiger partial charge in [-0.2, -0.15) is 0 Å². The fraction of sp³-hybridized carbons (Fsp3) is 0.143. The van der Waals surface area contributed by atoms with E-state index in [1.807, 2.05) is 18.2 Å². The van der Waals surface area contributed by atoms with E-state index in [0.717, 1.165) is 28.0 Å². The van der Waals surface area contributed by atoms with E-state index in [2.05, 4.69) is 68.1 Å². The van der Waals surface area contributed by atoms with Crippen LogP contribution in [-0.4, -0.2) is 7.11 Å². The van der Waals surface area contributed by atoms with Crippen LogP contribution in [0.25, 0.3) is 0 Å². The van der Waals surface area contributed by atoms with Crippen molar-refractivity contribution >= 4 is 44.2 Å². The number of hydrogen-bond acceptors (Lipinski definition) is 2. The van der Waals surface area contributed by atoms with Crippen molar-refractivity contribution < 1.29 is 4.74 Å². The van der Waals surface area contributed by atoms with Crippen LogP contribution in [0.1, 0.15) is 5.56 Å². The zero-order valence-corrected chi connectivity index (χ0v) is 13.7. The fourth-order valence-electron chi connectivity index (χ4n) is 1.68. The molecule has 0 saturated carbocycles. The van der Waals surface area contributed by atoms with Gasteiger partial charge < -0.3 is 10.1 Å². The second-order valence-electron chi connectivity index (χ2n) is 3.82. The third-order valence-corrected chi connectivity index (χ3v) is 3.71. The van der Waals surface area contributed by atoms with Gasteiger partial charge in [0.05, 0.1) is 7.11 Å². The summed E-state index contributed by atoms with van der Waals surface area (Å²) in [6.45, 7) is 0.739. The summed E-state index contributed by atoms with van der Waals surface area (Å²) in [7, 11) is 1.69. The Balaban J connectivity index is 2.12. The molecule has 94 valence electrons. The monoisotopic (exact) mass is 417 g/mol. The number of halogens is 2. The Morgan fingerprint density at radius 2 is 2.06 bits per heavy atom. The number of methoxy groups -OCH3 is 1. The molecule has 0 aliphatic heterocycles. The maximum atomic E-state index is 5.35. The molecule has 2 nitrogen and oxygen atoms in total. The van der Waals surface area contributed by atoms with Crippen LogP contribution in [0, 0.1) is 3.57 Å². The predicted octanol–water partition coefficient (Wildman–Crippen LogP) is 4.67. The first kappa shape index (κ1) is 13.7. The Morgan fingerprint density at radius 1 is 1.22 bits per heavy atom. The molecule has 0 atom stereocenters. The van der Waals surface area contributed by atoms with Crippen LogP contribution in [0.15, 0.2) is 46.9 Å². The lowest BCUT2D eigenvalue weighted by atomic mass is 10.2. The first-order chi connectivity index (χ1) is 8.69. The van der Waals surface area contributed by atoms with Crippen LogP contribution in [0.3, 0.4) is 0 Å². The van der Waals surface area contributed by atoms with E-state index in [1.165, 1.54) is 3.57 Å². The molecule has 0 unspecified atom stereocenters. The second kappa shape index (κ2) is 6.43. The number of benzene rings is 2. The number of rotatable bonds is 4. The van der Waals surface area contributed by atoms with Gasteiger partial charge in [0.1, 0.15) is 5.75 Å². The minimum absolute atomic E-state index is 0.739. The third-order valence-electron chi connectivity index (χ3n) is 2.55. The number of hydrogen-bond donors (Lipinski definition) is 1. The standard InChI is InChI=1S/C14H13BrINO/c1-18-14-6-5-11(15)7-10(14)9-17-13-4-2-3-12(16)8-13/h2-8,17H,9H2,1H3. The van der Waals surface area contributed by atoms with Crippen molar-refractivity contribution in [2.75, 3.05) is 12.4 Å².